The first-order chi connectivity index (χ1) is 8.13. The van der Waals surface area contributed by atoms with Gasteiger partial charge in [-0.3, -0.25) is 0 Å². The summed E-state index contributed by atoms with van der Waals surface area (Å²) in [7, 11) is 1.81. The second-order valence-electron chi connectivity index (χ2n) is 4.06. The zero-order chi connectivity index (χ0) is 12.7. The number of hydrogen-bond donors (Lipinski definition) is 1. The summed E-state index contributed by atoms with van der Waals surface area (Å²) in [5.41, 5.74) is 1.05. The molecule has 1 aromatic carbocycles. The summed E-state index contributed by atoms with van der Waals surface area (Å²) >= 11 is 5.79. The van der Waals surface area contributed by atoms with E-state index in [2.05, 4.69) is 12.2 Å². The largest absolute Gasteiger partial charge is 0.334 e. The molecule has 0 spiro atoms. The minimum atomic E-state index is -0.0339. The molecule has 0 aliphatic rings. The molecule has 4 heteroatoms. The number of unbranched alkanes of at least 4 members (excludes halogenated alkanes) is 1. The molecular formula is C13H19ClN2O. The van der Waals surface area contributed by atoms with E-state index in [1.165, 1.54) is 0 Å². The van der Waals surface area contributed by atoms with Gasteiger partial charge < -0.3 is 10.2 Å². The molecular weight excluding hydrogens is 236 g/mol. The second kappa shape index (κ2) is 7.17. The van der Waals surface area contributed by atoms with E-state index in [1.54, 1.807) is 4.90 Å². The third kappa shape index (κ3) is 5.09. The smallest absolute Gasteiger partial charge is 0.317 e. The summed E-state index contributed by atoms with van der Waals surface area (Å²) in [6, 6.07) is 7.44. The van der Waals surface area contributed by atoms with Crippen molar-refractivity contribution >= 4 is 17.6 Å². The highest BCUT2D eigenvalue weighted by Gasteiger charge is 2.06. The van der Waals surface area contributed by atoms with Gasteiger partial charge in [0.1, 0.15) is 0 Å². The molecule has 0 fully saturated rings. The molecule has 1 rings (SSSR count). The number of amides is 2. The molecule has 0 bridgehead atoms. The molecule has 17 heavy (non-hydrogen) atoms. The first-order valence-electron chi connectivity index (χ1n) is 5.87. The van der Waals surface area contributed by atoms with Crippen molar-refractivity contribution in [3.05, 3.63) is 34.9 Å². The highest BCUT2D eigenvalue weighted by molar-refractivity contribution is 6.30. The van der Waals surface area contributed by atoms with Crippen molar-refractivity contribution < 1.29 is 4.79 Å². The van der Waals surface area contributed by atoms with Gasteiger partial charge in [-0.2, -0.15) is 0 Å². The third-order valence-corrected chi connectivity index (χ3v) is 2.80. The van der Waals surface area contributed by atoms with Gasteiger partial charge >= 0.3 is 6.03 Å². The molecule has 0 aliphatic carbocycles. The SMILES string of the molecule is CCCCN(C)C(=O)NCc1ccc(Cl)cc1. The zero-order valence-electron chi connectivity index (χ0n) is 10.4. The van der Waals surface area contributed by atoms with Crippen LogP contribution in [0.2, 0.25) is 5.02 Å². The Morgan fingerprint density at radius 1 is 1.35 bits per heavy atom. The van der Waals surface area contributed by atoms with E-state index < -0.39 is 0 Å². The maximum atomic E-state index is 11.7. The summed E-state index contributed by atoms with van der Waals surface area (Å²) in [5, 5.41) is 3.58. The van der Waals surface area contributed by atoms with E-state index in [1.807, 2.05) is 31.3 Å². The van der Waals surface area contributed by atoms with Crippen molar-refractivity contribution in [3.8, 4) is 0 Å². The third-order valence-electron chi connectivity index (χ3n) is 2.55. The molecule has 0 heterocycles. The first kappa shape index (κ1) is 13.8. The number of rotatable bonds is 5. The summed E-state index contributed by atoms with van der Waals surface area (Å²) < 4.78 is 0. The fourth-order valence-electron chi connectivity index (χ4n) is 1.41. The molecule has 0 radical (unpaired) electrons. The molecule has 0 aromatic heterocycles. The molecule has 1 N–H and O–H groups in total. The van der Waals surface area contributed by atoms with Crippen LogP contribution < -0.4 is 5.32 Å². The van der Waals surface area contributed by atoms with Crippen LogP contribution in [0.5, 0.6) is 0 Å². The molecule has 0 atom stereocenters. The summed E-state index contributed by atoms with van der Waals surface area (Å²) in [5.74, 6) is 0. The van der Waals surface area contributed by atoms with Crippen LogP contribution in [0.4, 0.5) is 4.79 Å². The van der Waals surface area contributed by atoms with Crippen LogP contribution in [0, 0.1) is 0 Å². The van der Waals surface area contributed by atoms with Gasteiger partial charge in [0.15, 0.2) is 0 Å². The number of halogens is 1. The maximum absolute atomic E-state index is 11.7. The number of hydrogen-bond acceptors (Lipinski definition) is 1. The van der Waals surface area contributed by atoms with Crippen LogP contribution >= 0.6 is 11.6 Å². The number of nitrogens with zero attached hydrogens (tertiary/aromatic N) is 1. The van der Waals surface area contributed by atoms with Crippen LogP contribution in [-0.2, 0) is 6.54 Å². The topological polar surface area (TPSA) is 32.3 Å². The van der Waals surface area contributed by atoms with Gasteiger partial charge in [0.25, 0.3) is 0 Å². The van der Waals surface area contributed by atoms with Gasteiger partial charge in [-0.25, -0.2) is 4.79 Å². The van der Waals surface area contributed by atoms with Gasteiger partial charge in [-0.05, 0) is 24.1 Å². The molecule has 0 unspecified atom stereocenters. The molecule has 94 valence electrons. The monoisotopic (exact) mass is 254 g/mol. The predicted molar refractivity (Wildman–Crippen MR) is 71.2 cm³/mol. The Kier molecular flexibility index (Phi) is 5.84. The Balaban J connectivity index is 2.34. The van der Waals surface area contributed by atoms with Gasteiger partial charge in [-0.1, -0.05) is 37.1 Å². The quantitative estimate of drug-likeness (QED) is 0.859. The minimum Gasteiger partial charge on any atom is -0.334 e. The number of carbonyl (C=O) groups excluding carboxylic acids is 1. The molecule has 0 aliphatic heterocycles. The predicted octanol–water partition coefficient (Wildman–Crippen LogP) is 3.28. The van der Waals surface area contributed by atoms with Crippen molar-refractivity contribution in [2.24, 2.45) is 0 Å². The van der Waals surface area contributed by atoms with Gasteiger partial charge in [0.05, 0.1) is 0 Å². The van der Waals surface area contributed by atoms with Crippen LogP contribution in [-0.4, -0.2) is 24.5 Å². The van der Waals surface area contributed by atoms with Crippen LogP contribution in [0.3, 0.4) is 0 Å². The molecule has 1 aromatic rings. The number of carbonyl (C=O) groups is 1. The first-order valence-corrected chi connectivity index (χ1v) is 6.24. The molecule has 0 saturated heterocycles. The average Bonchev–Trinajstić information content (AvgIpc) is 2.34. The molecule has 3 nitrogen and oxygen atoms in total. The Bertz CT molecular complexity index is 351. The van der Waals surface area contributed by atoms with E-state index in [9.17, 15) is 4.79 Å². The van der Waals surface area contributed by atoms with Crippen LogP contribution in [0.1, 0.15) is 25.3 Å². The average molecular weight is 255 g/mol. The number of urea groups is 1. The summed E-state index contributed by atoms with van der Waals surface area (Å²) in [6.07, 6.45) is 2.12. The lowest BCUT2D eigenvalue weighted by Gasteiger charge is -2.17. The van der Waals surface area contributed by atoms with E-state index in [0.29, 0.717) is 11.6 Å². The van der Waals surface area contributed by atoms with Crippen molar-refractivity contribution in [1.82, 2.24) is 10.2 Å². The van der Waals surface area contributed by atoms with E-state index in [0.717, 1.165) is 24.9 Å². The number of benzene rings is 1. The fourth-order valence-corrected chi connectivity index (χ4v) is 1.54. The molecule has 0 saturated carbocycles. The van der Waals surface area contributed by atoms with Crippen molar-refractivity contribution in [2.45, 2.75) is 26.3 Å². The number of nitrogens with one attached hydrogen (secondary N) is 1. The normalized spacial score (nSPS) is 10.1. The molecule has 2 amide bonds. The van der Waals surface area contributed by atoms with Crippen LogP contribution in [0.25, 0.3) is 0 Å². The van der Waals surface area contributed by atoms with Gasteiger partial charge in [-0.15, -0.1) is 0 Å². The maximum Gasteiger partial charge on any atom is 0.317 e. The van der Waals surface area contributed by atoms with Crippen molar-refractivity contribution in [3.63, 3.8) is 0 Å². The lowest BCUT2D eigenvalue weighted by molar-refractivity contribution is 0.207. The highest BCUT2D eigenvalue weighted by Crippen LogP contribution is 2.09. The van der Waals surface area contributed by atoms with Gasteiger partial charge in [0.2, 0.25) is 0 Å². The zero-order valence-corrected chi connectivity index (χ0v) is 11.1. The Morgan fingerprint density at radius 2 is 2.00 bits per heavy atom. The summed E-state index contributed by atoms with van der Waals surface area (Å²) in [6.45, 7) is 3.44. The standard InChI is InChI=1S/C13H19ClN2O/c1-3-4-9-16(2)13(17)15-10-11-5-7-12(14)8-6-11/h5-8H,3-4,9-10H2,1-2H3,(H,15,17). The van der Waals surface area contributed by atoms with Crippen LogP contribution in [0.15, 0.2) is 24.3 Å². The fraction of sp³-hybridized carbons (Fsp3) is 0.462. The van der Waals surface area contributed by atoms with Gasteiger partial charge in [0, 0.05) is 25.2 Å². The van der Waals surface area contributed by atoms with E-state index in [4.69, 9.17) is 11.6 Å². The van der Waals surface area contributed by atoms with E-state index in [-0.39, 0.29) is 6.03 Å². The van der Waals surface area contributed by atoms with Crippen molar-refractivity contribution in [1.29, 1.82) is 0 Å². The Labute approximate surface area is 108 Å². The Hall–Kier alpha value is -1.22. The highest BCUT2D eigenvalue weighted by atomic mass is 35.5. The Morgan fingerprint density at radius 3 is 2.59 bits per heavy atom. The summed E-state index contributed by atoms with van der Waals surface area (Å²) in [4.78, 5) is 13.4. The van der Waals surface area contributed by atoms with Crippen molar-refractivity contribution in [2.75, 3.05) is 13.6 Å². The lowest BCUT2D eigenvalue weighted by Crippen LogP contribution is -2.37. The second-order valence-corrected chi connectivity index (χ2v) is 4.50. The minimum absolute atomic E-state index is 0.0339. The lowest BCUT2D eigenvalue weighted by atomic mass is 10.2. The van der Waals surface area contributed by atoms with E-state index >= 15 is 0 Å².